The number of carbonyl (C=O) groups is 2. The van der Waals surface area contributed by atoms with E-state index < -0.39 is 0 Å². The van der Waals surface area contributed by atoms with E-state index in [4.69, 9.17) is 5.73 Å². The summed E-state index contributed by atoms with van der Waals surface area (Å²) in [6, 6.07) is 20.0. The van der Waals surface area contributed by atoms with Crippen LogP contribution in [0.4, 0.5) is 11.5 Å². The van der Waals surface area contributed by atoms with Crippen LogP contribution in [-0.4, -0.2) is 16.8 Å². The Morgan fingerprint density at radius 3 is 2.43 bits per heavy atom. The number of nitrogens with zero attached hydrogens (tertiary/aromatic N) is 1. The molecule has 0 atom stereocenters. The first-order valence-corrected chi connectivity index (χ1v) is 8.73. The summed E-state index contributed by atoms with van der Waals surface area (Å²) < 4.78 is 0. The number of benzene rings is 2. The van der Waals surface area contributed by atoms with Crippen molar-refractivity contribution in [3.63, 3.8) is 0 Å². The summed E-state index contributed by atoms with van der Waals surface area (Å²) >= 11 is 0. The van der Waals surface area contributed by atoms with Crippen molar-refractivity contribution < 1.29 is 9.59 Å². The van der Waals surface area contributed by atoms with E-state index in [9.17, 15) is 9.59 Å². The molecule has 0 aliphatic rings. The summed E-state index contributed by atoms with van der Waals surface area (Å²) in [5.74, 6) is -0.197. The van der Waals surface area contributed by atoms with Crippen LogP contribution in [0.5, 0.6) is 0 Å². The van der Waals surface area contributed by atoms with Crippen LogP contribution in [0.15, 0.2) is 79.0 Å². The van der Waals surface area contributed by atoms with E-state index in [2.05, 4.69) is 15.6 Å². The Morgan fingerprint density at radius 1 is 0.964 bits per heavy atom. The summed E-state index contributed by atoms with van der Waals surface area (Å²) in [6.07, 6.45) is 4.81. The highest BCUT2D eigenvalue weighted by molar-refractivity contribution is 6.05. The number of nitrogens with one attached hydrogen (secondary N) is 2. The number of aromatic nitrogens is 1. The van der Waals surface area contributed by atoms with Crippen LogP contribution < -0.4 is 16.4 Å². The van der Waals surface area contributed by atoms with Gasteiger partial charge in [0.1, 0.15) is 5.82 Å². The Balaban J connectivity index is 1.53. The van der Waals surface area contributed by atoms with Gasteiger partial charge in [0.05, 0.1) is 5.69 Å². The van der Waals surface area contributed by atoms with Gasteiger partial charge >= 0.3 is 0 Å². The van der Waals surface area contributed by atoms with Crippen molar-refractivity contribution >= 4 is 29.4 Å². The van der Waals surface area contributed by atoms with Gasteiger partial charge in [0.25, 0.3) is 5.91 Å². The minimum absolute atomic E-state index is 0.183. The Morgan fingerprint density at radius 2 is 1.71 bits per heavy atom. The maximum Gasteiger partial charge on any atom is 0.255 e. The van der Waals surface area contributed by atoms with Gasteiger partial charge in [-0.15, -0.1) is 0 Å². The first kappa shape index (κ1) is 18.8. The third-order valence-corrected chi connectivity index (χ3v) is 4.00. The molecule has 0 aliphatic heterocycles. The van der Waals surface area contributed by atoms with Gasteiger partial charge < -0.3 is 16.4 Å². The first-order valence-electron chi connectivity index (χ1n) is 8.73. The predicted octanol–water partition coefficient (Wildman–Crippen LogP) is 3.25. The molecular formula is C22H20N4O2. The lowest BCUT2D eigenvalue weighted by Crippen LogP contribution is -2.20. The third kappa shape index (κ3) is 5.28. The van der Waals surface area contributed by atoms with E-state index in [1.54, 1.807) is 48.7 Å². The van der Waals surface area contributed by atoms with Crippen LogP contribution in [-0.2, 0) is 11.3 Å². The highest BCUT2D eigenvalue weighted by atomic mass is 16.2. The molecule has 0 fully saturated rings. The summed E-state index contributed by atoms with van der Waals surface area (Å²) in [5.41, 5.74) is 8.53. The summed E-state index contributed by atoms with van der Waals surface area (Å²) in [6.45, 7) is 0.370. The molecular weight excluding hydrogens is 352 g/mol. The molecule has 2 amide bonds. The SMILES string of the molecule is Nc1ncccc1NC(=O)c1ccc(CNC(=O)/C=C/c2ccccc2)cc1. The highest BCUT2D eigenvalue weighted by Crippen LogP contribution is 2.15. The molecule has 1 aromatic heterocycles. The van der Waals surface area contributed by atoms with E-state index in [0.29, 0.717) is 17.8 Å². The van der Waals surface area contributed by atoms with Crippen LogP contribution in [0.2, 0.25) is 0 Å². The number of hydrogen-bond acceptors (Lipinski definition) is 4. The van der Waals surface area contributed by atoms with Crippen LogP contribution >= 0.6 is 0 Å². The molecule has 0 bridgehead atoms. The normalized spacial score (nSPS) is 10.6. The molecule has 0 aliphatic carbocycles. The Kier molecular flexibility index (Phi) is 6.15. The molecule has 3 rings (SSSR count). The number of anilines is 2. The molecule has 28 heavy (non-hydrogen) atoms. The van der Waals surface area contributed by atoms with Crippen molar-refractivity contribution in [1.29, 1.82) is 0 Å². The van der Waals surface area contributed by atoms with Gasteiger partial charge in [-0.2, -0.15) is 0 Å². The molecule has 0 spiro atoms. The summed E-state index contributed by atoms with van der Waals surface area (Å²) in [4.78, 5) is 28.1. The van der Waals surface area contributed by atoms with Crippen LogP contribution in [0.1, 0.15) is 21.5 Å². The predicted molar refractivity (Wildman–Crippen MR) is 110 cm³/mol. The fourth-order valence-electron chi connectivity index (χ4n) is 2.48. The van der Waals surface area contributed by atoms with Crippen molar-refractivity contribution in [3.05, 3.63) is 95.7 Å². The lowest BCUT2D eigenvalue weighted by Gasteiger charge is -2.08. The minimum atomic E-state index is -0.277. The van der Waals surface area contributed by atoms with E-state index in [-0.39, 0.29) is 17.6 Å². The van der Waals surface area contributed by atoms with Gasteiger partial charge in [-0.1, -0.05) is 42.5 Å². The summed E-state index contributed by atoms with van der Waals surface area (Å²) in [7, 11) is 0. The van der Waals surface area contributed by atoms with E-state index in [1.165, 1.54) is 6.08 Å². The average molecular weight is 372 g/mol. The molecule has 6 nitrogen and oxygen atoms in total. The zero-order chi connectivity index (χ0) is 19.8. The smallest absolute Gasteiger partial charge is 0.255 e. The Labute approximate surface area is 163 Å². The quantitative estimate of drug-likeness (QED) is 0.579. The van der Waals surface area contributed by atoms with E-state index in [1.807, 2.05) is 30.3 Å². The topological polar surface area (TPSA) is 97.1 Å². The van der Waals surface area contributed by atoms with Crippen molar-refractivity contribution in [2.75, 3.05) is 11.1 Å². The van der Waals surface area contributed by atoms with Gasteiger partial charge in [-0.25, -0.2) is 4.98 Å². The fourth-order valence-corrected chi connectivity index (χ4v) is 2.48. The number of nitrogen functional groups attached to an aromatic ring is 1. The zero-order valence-corrected chi connectivity index (χ0v) is 15.1. The number of amides is 2. The Hall–Kier alpha value is -3.93. The molecule has 3 aromatic rings. The van der Waals surface area contributed by atoms with Crippen molar-refractivity contribution in [2.45, 2.75) is 6.54 Å². The molecule has 0 unspecified atom stereocenters. The van der Waals surface area contributed by atoms with Crippen molar-refractivity contribution in [1.82, 2.24) is 10.3 Å². The van der Waals surface area contributed by atoms with Gasteiger partial charge in [0, 0.05) is 24.4 Å². The molecule has 140 valence electrons. The average Bonchev–Trinajstić information content (AvgIpc) is 2.73. The van der Waals surface area contributed by atoms with Gasteiger partial charge in [-0.3, -0.25) is 9.59 Å². The van der Waals surface area contributed by atoms with Gasteiger partial charge in [0.15, 0.2) is 0 Å². The minimum Gasteiger partial charge on any atom is -0.382 e. The lowest BCUT2D eigenvalue weighted by molar-refractivity contribution is -0.116. The number of rotatable bonds is 6. The van der Waals surface area contributed by atoms with Gasteiger partial charge in [-0.05, 0) is 41.5 Å². The number of pyridine rings is 1. The van der Waals surface area contributed by atoms with Gasteiger partial charge in [0.2, 0.25) is 5.91 Å². The second kappa shape index (κ2) is 9.14. The maximum absolute atomic E-state index is 12.3. The second-order valence-electron chi connectivity index (χ2n) is 6.05. The largest absolute Gasteiger partial charge is 0.382 e. The molecule has 1 heterocycles. The van der Waals surface area contributed by atoms with Crippen LogP contribution in [0.25, 0.3) is 6.08 Å². The van der Waals surface area contributed by atoms with Crippen LogP contribution in [0.3, 0.4) is 0 Å². The number of carbonyl (C=O) groups excluding carboxylic acids is 2. The molecule has 0 saturated carbocycles. The maximum atomic E-state index is 12.3. The lowest BCUT2D eigenvalue weighted by atomic mass is 10.1. The molecule has 2 aromatic carbocycles. The molecule has 0 radical (unpaired) electrons. The first-order chi connectivity index (χ1) is 13.6. The fraction of sp³-hybridized carbons (Fsp3) is 0.0455. The Bertz CT molecular complexity index is 983. The zero-order valence-electron chi connectivity index (χ0n) is 15.1. The summed E-state index contributed by atoms with van der Waals surface area (Å²) in [5, 5.41) is 5.54. The van der Waals surface area contributed by atoms with Crippen molar-refractivity contribution in [3.8, 4) is 0 Å². The third-order valence-electron chi connectivity index (χ3n) is 4.00. The standard InChI is InChI=1S/C22H20N4O2/c23-21-19(7-4-14-24-21)26-22(28)18-11-8-17(9-12-18)15-25-20(27)13-10-16-5-2-1-3-6-16/h1-14H,15H2,(H2,23,24)(H,25,27)(H,26,28)/b13-10+. The van der Waals surface area contributed by atoms with E-state index in [0.717, 1.165) is 11.1 Å². The number of nitrogens with two attached hydrogens (primary N) is 1. The van der Waals surface area contributed by atoms with Crippen molar-refractivity contribution in [2.24, 2.45) is 0 Å². The second-order valence-corrected chi connectivity index (χ2v) is 6.05. The van der Waals surface area contributed by atoms with E-state index >= 15 is 0 Å². The molecule has 4 N–H and O–H groups in total. The van der Waals surface area contributed by atoms with Crippen LogP contribution in [0, 0.1) is 0 Å². The molecule has 0 saturated heterocycles. The molecule has 6 heteroatoms. The number of hydrogen-bond donors (Lipinski definition) is 3. The highest BCUT2D eigenvalue weighted by Gasteiger charge is 2.08. The monoisotopic (exact) mass is 372 g/mol.